The van der Waals surface area contributed by atoms with E-state index in [1.165, 1.54) is 16.5 Å². The van der Waals surface area contributed by atoms with Crippen LogP contribution in [0, 0.1) is 13.8 Å². The second-order valence-corrected chi connectivity index (χ2v) is 7.18. The highest BCUT2D eigenvalue weighted by molar-refractivity contribution is 5.86. The van der Waals surface area contributed by atoms with E-state index in [0.717, 1.165) is 34.1 Å². The van der Waals surface area contributed by atoms with Gasteiger partial charge < -0.3 is 14.5 Å². The Morgan fingerprint density at radius 1 is 1.00 bits per heavy atom. The van der Waals surface area contributed by atoms with E-state index >= 15 is 0 Å². The van der Waals surface area contributed by atoms with Gasteiger partial charge in [-0.1, -0.05) is 24.3 Å². The molecule has 2 aromatic carbocycles. The number of rotatable bonds is 4. The molecule has 5 heteroatoms. The Balaban J connectivity index is 1.67. The number of anilines is 1. The summed E-state index contributed by atoms with van der Waals surface area (Å²) < 4.78 is 11.1. The number of aromatic amines is 2. The van der Waals surface area contributed by atoms with Gasteiger partial charge >= 0.3 is 0 Å². The quantitative estimate of drug-likeness (QED) is 0.553. The fraction of sp³-hybridized carbons (Fsp3) is 0.174. The fourth-order valence-corrected chi connectivity index (χ4v) is 3.90. The SMILES string of the molecule is Cc1cc[nH+]c(NC(c2ccc3c(c2)OCO3)c2c(C)[nH]c3ccccc23)c1. The largest absolute Gasteiger partial charge is 0.454 e. The van der Waals surface area contributed by atoms with Crippen LogP contribution in [0.4, 0.5) is 5.82 Å². The lowest BCUT2D eigenvalue weighted by Crippen LogP contribution is -2.19. The van der Waals surface area contributed by atoms with Gasteiger partial charge in [0.05, 0.1) is 6.20 Å². The molecule has 1 aliphatic heterocycles. The topological polar surface area (TPSA) is 60.4 Å². The fourth-order valence-electron chi connectivity index (χ4n) is 3.90. The molecule has 140 valence electrons. The third kappa shape index (κ3) is 2.85. The molecular formula is C23H22N3O2+. The zero-order chi connectivity index (χ0) is 19.1. The van der Waals surface area contributed by atoms with Crippen molar-refractivity contribution >= 4 is 16.7 Å². The third-order valence-electron chi connectivity index (χ3n) is 5.22. The summed E-state index contributed by atoms with van der Waals surface area (Å²) in [5, 5.41) is 4.90. The number of fused-ring (bicyclic) bond motifs is 2. The van der Waals surface area contributed by atoms with Crippen LogP contribution in [-0.4, -0.2) is 11.8 Å². The molecule has 28 heavy (non-hydrogen) atoms. The summed E-state index contributed by atoms with van der Waals surface area (Å²) in [4.78, 5) is 6.83. The number of para-hydroxylation sites is 1. The number of benzene rings is 2. The average molecular weight is 372 g/mol. The lowest BCUT2D eigenvalue weighted by Gasteiger charge is -2.17. The number of H-pyrrole nitrogens is 2. The Hall–Kier alpha value is -3.47. The Morgan fingerprint density at radius 3 is 2.75 bits per heavy atom. The van der Waals surface area contributed by atoms with Crippen molar-refractivity contribution in [2.75, 3.05) is 12.1 Å². The monoisotopic (exact) mass is 372 g/mol. The van der Waals surface area contributed by atoms with Gasteiger partial charge in [-0.25, -0.2) is 4.98 Å². The Kier molecular flexibility index (Phi) is 3.93. The molecule has 0 saturated carbocycles. The second-order valence-electron chi connectivity index (χ2n) is 7.18. The van der Waals surface area contributed by atoms with Crippen LogP contribution in [0.25, 0.3) is 10.9 Å². The Morgan fingerprint density at radius 2 is 1.86 bits per heavy atom. The maximum atomic E-state index is 5.63. The average Bonchev–Trinajstić information content (AvgIpc) is 3.29. The van der Waals surface area contributed by atoms with Gasteiger partial charge in [-0.05, 0) is 43.7 Å². The van der Waals surface area contributed by atoms with Gasteiger partial charge in [-0.3, -0.25) is 5.32 Å². The molecule has 0 radical (unpaired) electrons. The van der Waals surface area contributed by atoms with Crippen LogP contribution < -0.4 is 19.8 Å². The molecule has 1 unspecified atom stereocenters. The zero-order valence-electron chi connectivity index (χ0n) is 15.9. The van der Waals surface area contributed by atoms with Crippen molar-refractivity contribution < 1.29 is 14.5 Å². The number of ether oxygens (including phenoxy) is 2. The third-order valence-corrected chi connectivity index (χ3v) is 5.22. The number of hydrogen-bond acceptors (Lipinski definition) is 3. The highest BCUT2D eigenvalue weighted by atomic mass is 16.7. The number of nitrogens with one attached hydrogen (secondary N) is 3. The van der Waals surface area contributed by atoms with Crippen LogP contribution in [0.15, 0.2) is 60.8 Å². The molecule has 0 aliphatic carbocycles. The second kappa shape index (κ2) is 6.60. The smallest absolute Gasteiger partial charge is 0.273 e. The van der Waals surface area contributed by atoms with Crippen LogP contribution in [0.3, 0.4) is 0 Å². The molecule has 4 aromatic rings. The van der Waals surface area contributed by atoms with E-state index in [1.54, 1.807) is 0 Å². The van der Waals surface area contributed by atoms with Gasteiger partial charge in [0.15, 0.2) is 11.5 Å². The zero-order valence-corrected chi connectivity index (χ0v) is 15.9. The summed E-state index contributed by atoms with van der Waals surface area (Å²) >= 11 is 0. The molecule has 5 rings (SSSR count). The Bertz CT molecular complexity index is 1170. The number of aromatic nitrogens is 2. The van der Waals surface area contributed by atoms with Gasteiger partial charge in [0.25, 0.3) is 5.82 Å². The summed E-state index contributed by atoms with van der Waals surface area (Å²) in [6, 6.07) is 18.7. The molecule has 0 amide bonds. The van der Waals surface area contributed by atoms with E-state index in [1.807, 2.05) is 12.3 Å². The predicted molar refractivity (Wildman–Crippen MR) is 109 cm³/mol. The van der Waals surface area contributed by atoms with Crippen molar-refractivity contribution in [1.29, 1.82) is 0 Å². The number of pyridine rings is 1. The van der Waals surface area contributed by atoms with Gasteiger partial charge in [0.2, 0.25) is 6.79 Å². The van der Waals surface area contributed by atoms with Gasteiger partial charge in [0.1, 0.15) is 6.04 Å². The van der Waals surface area contributed by atoms with Crippen LogP contribution in [-0.2, 0) is 0 Å². The van der Waals surface area contributed by atoms with E-state index < -0.39 is 0 Å². The van der Waals surface area contributed by atoms with Crippen LogP contribution in [0.1, 0.15) is 28.4 Å². The minimum Gasteiger partial charge on any atom is -0.454 e. The molecular weight excluding hydrogens is 350 g/mol. The maximum Gasteiger partial charge on any atom is 0.273 e. The summed E-state index contributed by atoms with van der Waals surface area (Å²) in [5.74, 6) is 2.54. The van der Waals surface area contributed by atoms with E-state index in [0.29, 0.717) is 0 Å². The normalized spacial score (nSPS) is 13.6. The summed E-state index contributed by atoms with van der Waals surface area (Å²) in [7, 11) is 0. The van der Waals surface area contributed by atoms with E-state index in [4.69, 9.17) is 9.47 Å². The lowest BCUT2D eigenvalue weighted by molar-refractivity contribution is -0.361. The molecule has 1 atom stereocenters. The highest BCUT2D eigenvalue weighted by Gasteiger charge is 2.27. The summed E-state index contributed by atoms with van der Waals surface area (Å²) in [6.45, 7) is 4.48. The van der Waals surface area contributed by atoms with Gasteiger partial charge in [-0.2, -0.15) is 0 Å². The van der Waals surface area contributed by atoms with Gasteiger partial charge in [-0.15, -0.1) is 0 Å². The predicted octanol–water partition coefficient (Wildman–Crippen LogP) is 4.53. The molecule has 0 bridgehead atoms. The number of hydrogen-bond donors (Lipinski definition) is 2. The molecule has 3 heterocycles. The highest BCUT2D eigenvalue weighted by Crippen LogP contribution is 2.39. The first-order valence-electron chi connectivity index (χ1n) is 9.41. The first-order chi connectivity index (χ1) is 13.7. The van der Waals surface area contributed by atoms with Crippen molar-refractivity contribution in [2.24, 2.45) is 0 Å². The lowest BCUT2D eigenvalue weighted by atomic mass is 9.95. The molecule has 0 fully saturated rings. The number of aryl methyl sites for hydroxylation is 2. The van der Waals surface area contributed by atoms with Crippen LogP contribution in [0.5, 0.6) is 11.5 Å². The van der Waals surface area contributed by atoms with Crippen molar-refractivity contribution in [1.82, 2.24) is 4.98 Å². The summed E-state index contributed by atoms with van der Waals surface area (Å²) in [5.41, 5.74) is 5.82. The van der Waals surface area contributed by atoms with Crippen molar-refractivity contribution in [3.63, 3.8) is 0 Å². The van der Waals surface area contributed by atoms with Crippen LogP contribution >= 0.6 is 0 Å². The molecule has 3 N–H and O–H groups in total. The minimum atomic E-state index is -0.0521. The molecule has 0 spiro atoms. The molecule has 0 saturated heterocycles. The standard InChI is InChI=1S/C23H21N3O2/c1-14-9-10-24-21(11-14)26-23(16-7-8-19-20(12-16)28-13-27-19)22-15(2)25-18-6-4-3-5-17(18)22/h3-12,23,25H,13H2,1-2H3,(H,24,26)/p+1. The first kappa shape index (κ1) is 16.7. The van der Waals surface area contributed by atoms with Crippen LogP contribution in [0.2, 0.25) is 0 Å². The molecule has 5 nitrogen and oxygen atoms in total. The van der Waals surface area contributed by atoms with Crippen molar-refractivity contribution in [3.8, 4) is 11.5 Å². The van der Waals surface area contributed by atoms with Crippen molar-refractivity contribution in [2.45, 2.75) is 19.9 Å². The minimum absolute atomic E-state index is 0.0521. The van der Waals surface area contributed by atoms with E-state index in [9.17, 15) is 0 Å². The van der Waals surface area contributed by atoms with Gasteiger partial charge in [0, 0.05) is 33.8 Å². The molecule has 1 aliphatic rings. The Labute approximate surface area is 163 Å². The van der Waals surface area contributed by atoms with E-state index in [-0.39, 0.29) is 12.8 Å². The first-order valence-corrected chi connectivity index (χ1v) is 9.41. The maximum absolute atomic E-state index is 5.63. The molecule has 2 aromatic heterocycles. The van der Waals surface area contributed by atoms with E-state index in [2.05, 4.69) is 77.7 Å². The summed E-state index contributed by atoms with van der Waals surface area (Å²) in [6.07, 6.45) is 1.95. The van der Waals surface area contributed by atoms with Crippen molar-refractivity contribution in [3.05, 3.63) is 83.2 Å².